The molecule has 2 bridgehead atoms. The van der Waals surface area contributed by atoms with Crippen molar-refractivity contribution >= 4 is 17.7 Å². The van der Waals surface area contributed by atoms with Crippen molar-refractivity contribution in [1.29, 1.82) is 0 Å². The second kappa shape index (κ2) is 24.9. The Morgan fingerprint density at radius 1 is 0.828 bits per heavy atom. The maximum atomic E-state index is 14.4. The van der Waals surface area contributed by atoms with Gasteiger partial charge in [0, 0.05) is 39.0 Å². The summed E-state index contributed by atoms with van der Waals surface area (Å²) in [7, 11) is 3.05. The minimum absolute atomic E-state index is 0.0458. The van der Waals surface area contributed by atoms with Crippen LogP contribution >= 0.6 is 0 Å². The van der Waals surface area contributed by atoms with Crippen LogP contribution in [0.25, 0.3) is 0 Å². The molecule has 3 aliphatic heterocycles. The third-order valence-electron chi connectivity index (χ3n) is 15.0. The number of ether oxygens (including phenoxy) is 4. The lowest BCUT2D eigenvalue weighted by Gasteiger charge is -2.42. The number of esters is 1. The van der Waals surface area contributed by atoms with E-state index in [0.717, 1.165) is 12.0 Å². The molecule has 4 aliphatic rings. The lowest BCUT2D eigenvalue weighted by atomic mass is 9.78. The number of rotatable bonds is 5. The van der Waals surface area contributed by atoms with Crippen molar-refractivity contribution in [3.05, 3.63) is 47.6 Å². The van der Waals surface area contributed by atoms with Crippen LogP contribution < -0.4 is 0 Å². The van der Waals surface area contributed by atoms with Crippen LogP contribution in [0, 0.1) is 41.4 Å². The van der Waals surface area contributed by atoms with Crippen molar-refractivity contribution in [2.75, 3.05) is 20.8 Å². The summed E-state index contributed by atoms with van der Waals surface area (Å²) in [6.07, 6.45) is 11.9. The highest BCUT2D eigenvalue weighted by Crippen LogP contribution is 2.38. The molecule has 3 heterocycles. The van der Waals surface area contributed by atoms with Crippen molar-refractivity contribution in [3.8, 4) is 0 Å². The van der Waals surface area contributed by atoms with Gasteiger partial charge in [-0.15, -0.1) is 0 Å². The van der Waals surface area contributed by atoms with Gasteiger partial charge >= 0.3 is 5.97 Å². The van der Waals surface area contributed by atoms with E-state index >= 15 is 0 Å². The average molecular weight is 902 g/mol. The van der Waals surface area contributed by atoms with Gasteiger partial charge in [-0.3, -0.25) is 9.59 Å². The SMILES string of the molecule is CO[C@@H]1C(O)/C(C)=C/[C@@H](C)[C@@H](O)CC([C@H](C)C[C@@H]2CC[C@@H](O)[C@H](OC)C2)OC(=O)[C@@H]2CCCCN2C(=O)C(=O)[C@]2(O)OC(CC[C@H]2C)C[C@H](C)/C(C)=C/C=C/C=C/[C@@H](C)C[C@@H](C)[C@@H]1O. The van der Waals surface area contributed by atoms with E-state index in [4.69, 9.17) is 18.9 Å². The van der Waals surface area contributed by atoms with E-state index in [2.05, 4.69) is 19.9 Å². The number of aliphatic hydroxyl groups excluding tert-OH is 4. The first kappa shape index (κ1) is 53.9. The maximum Gasteiger partial charge on any atom is 0.329 e. The minimum atomic E-state index is -2.35. The number of Topliss-reactive ketones (excluding diaryl/α,β-unsaturated/α-hetero) is 1. The lowest BCUT2D eigenvalue weighted by molar-refractivity contribution is -0.264. The molecule has 64 heavy (non-hydrogen) atoms. The summed E-state index contributed by atoms with van der Waals surface area (Å²) in [5.74, 6) is -6.40. The van der Waals surface area contributed by atoms with Gasteiger partial charge in [-0.05, 0) is 120 Å². The Balaban J connectivity index is 1.68. The molecule has 0 aromatic carbocycles. The molecule has 17 atom stereocenters. The standard InChI is InChI=1S/C51H83NO12/c1-30-16-12-11-13-17-31(2)32(3)27-39-21-19-37(8)51(60,64-39)48(57)49(58)52-23-15-14-18-40(52)50(59)63-43(34(5)26-38-20-22-41(53)44(28-38)61-9)29-42(54)33(4)25-36(7)46(56)47(62-10)45(55)35(6)24-30/h11-13,16-17,25,30,32-35,37-47,53-56,60H,14-15,18-24,26-29H2,1-10H3/b13-11+,16-12+,31-17+,36-25+/t30-,32+,33-,34-,35-,37-,38+,39?,40+,41-,42+,43?,44-,45+,46?,47+,51-/m1/s1. The zero-order chi connectivity index (χ0) is 47.5. The van der Waals surface area contributed by atoms with Crippen molar-refractivity contribution in [1.82, 2.24) is 4.90 Å². The number of carbonyl (C=O) groups excluding carboxylic acids is 3. The Labute approximate surface area is 383 Å². The van der Waals surface area contributed by atoms with E-state index in [9.17, 15) is 39.9 Å². The van der Waals surface area contributed by atoms with Gasteiger partial charge in [0.2, 0.25) is 5.79 Å². The van der Waals surface area contributed by atoms with E-state index < -0.39 is 84.1 Å². The van der Waals surface area contributed by atoms with Gasteiger partial charge in [-0.1, -0.05) is 83.6 Å². The number of aliphatic hydroxyl groups is 5. The predicted molar refractivity (Wildman–Crippen MR) is 246 cm³/mol. The molecule has 0 aromatic rings. The van der Waals surface area contributed by atoms with Gasteiger partial charge in [0.15, 0.2) is 0 Å². The van der Waals surface area contributed by atoms with E-state index in [1.165, 1.54) is 12.0 Å². The molecule has 0 aromatic heterocycles. The number of methoxy groups -OCH3 is 2. The first-order valence-electron chi connectivity index (χ1n) is 24.2. The quantitative estimate of drug-likeness (QED) is 0.116. The largest absolute Gasteiger partial charge is 0.460 e. The molecule has 5 N–H and O–H groups in total. The molecule has 13 heteroatoms. The number of fused-ring (bicyclic) bond motifs is 3. The second-order valence-corrected chi connectivity index (χ2v) is 20.2. The predicted octanol–water partition coefficient (Wildman–Crippen LogP) is 6.39. The fourth-order valence-electron chi connectivity index (χ4n) is 10.4. The molecule has 0 radical (unpaired) electrons. The molecule has 1 amide bonds. The van der Waals surface area contributed by atoms with Crippen LogP contribution in [0.15, 0.2) is 47.6 Å². The number of amides is 1. The Kier molecular flexibility index (Phi) is 20.9. The minimum Gasteiger partial charge on any atom is -0.460 e. The highest BCUT2D eigenvalue weighted by atomic mass is 16.6. The summed E-state index contributed by atoms with van der Waals surface area (Å²) in [6.45, 7) is 15.5. The summed E-state index contributed by atoms with van der Waals surface area (Å²) in [6, 6.07) is -1.08. The third-order valence-corrected chi connectivity index (χ3v) is 15.0. The molecule has 13 nitrogen and oxygen atoms in total. The molecule has 1 aliphatic carbocycles. The van der Waals surface area contributed by atoms with Crippen molar-refractivity contribution < 1.29 is 58.9 Å². The summed E-state index contributed by atoms with van der Waals surface area (Å²) in [5.41, 5.74) is 1.60. The molecule has 2 saturated heterocycles. The number of hydrogen-bond acceptors (Lipinski definition) is 12. The van der Waals surface area contributed by atoms with Crippen molar-refractivity contribution in [3.63, 3.8) is 0 Å². The van der Waals surface area contributed by atoms with Gasteiger partial charge < -0.3 is 49.4 Å². The van der Waals surface area contributed by atoms with Crippen LogP contribution in [0.2, 0.25) is 0 Å². The second-order valence-electron chi connectivity index (χ2n) is 20.2. The third kappa shape index (κ3) is 14.1. The smallest absolute Gasteiger partial charge is 0.329 e. The van der Waals surface area contributed by atoms with Crippen LogP contribution in [0.4, 0.5) is 0 Å². The number of carbonyl (C=O) groups is 3. The molecule has 3 fully saturated rings. The fraction of sp³-hybridized carbons (Fsp3) is 0.784. The Hall–Kier alpha value is -2.75. The van der Waals surface area contributed by atoms with Crippen LogP contribution in [0.3, 0.4) is 0 Å². The van der Waals surface area contributed by atoms with Gasteiger partial charge in [-0.2, -0.15) is 0 Å². The summed E-state index contributed by atoms with van der Waals surface area (Å²) < 4.78 is 23.8. The molecule has 3 unspecified atom stereocenters. The van der Waals surface area contributed by atoms with Gasteiger partial charge in [-0.25, -0.2) is 4.79 Å². The number of hydrogen-bond donors (Lipinski definition) is 5. The van der Waals surface area contributed by atoms with Crippen LogP contribution in [-0.2, 0) is 33.3 Å². The maximum absolute atomic E-state index is 14.4. The summed E-state index contributed by atoms with van der Waals surface area (Å²) in [4.78, 5) is 44.0. The van der Waals surface area contributed by atoms with E-state index in [1.807, 2.05) is 52.0 Å². The van der Waals surface area contributed by atoms with Gasteiger partial charge in [0.05, 0.1) is 30.5 Å². The zero-order valence-electron chi connectivity index (χ0n) is 40.4. The molecule has 364 valence electrons. The van der Waals surface area contributed by atoms with Gasteiger partial charge in [0.1, 0.15) is 24.4 Å². The first-order valence-corrected chi connectivity index (χ1v) is 24.2. The summed E-state index contributed by atoms with van der Waals surface area (Å²) >= 11 is 0. The Bertz CT molecular complexity index is 1640. The lowest BCUT2D eigenvalue weighted by Crippen LogP contribution is -2.60. The fourth-order valence-corrected chi connectivity index (χ4v) is 10.4. The highest BCUT2D eigenvalue weighted by molar-refractivity contribution is 6.39. The Morgan fingerprint density at radius 3 is 2.23 bits per heavy atom. The molecule has 1 saturated carbocycles. The molecular formula is C51H83NO12. The highest BCUT2D eigenvalue weighted by Gasteiger charge is 2.53. The topological polar surface area (TPSA) is 193 Å². The van der Waals surface area contributed by atoms with Gasteiger partial charge in [0.25, 0.3) is 11.7 Å². The summed E-state index contributed by atoms with van der Waals surface area (Å²) in [5, 5.41) is 57.1. The number of nitrogens with zero attached hydrogens (tertiary/aromatic N) is 1. The molecule has 0 spiro atoms. The molecule has 4 rings (SSSR count). The van der Waals surface area contributed by atoms with Crippen LogP contribution in [-0.4, -0.2) is 130 Å². The monoisotopic (exact) mass is 902 g/mol. The zero-order valence-corrected chi connectivity index (χ0v) is 40.4. The first-order chi connectivity index (χ1) is 30.2. The number of ketones is 1. The number of piperidine rings is 1. The number of cyclic esters (lactones) is 1. The Morgan fingerprint density at radius 2 is 1.55 bits per heavy atom. The van der Waals surface area contributed by atoms with E-state index in [1.54, 1.807) is 27.0 Å². The van der Waals surface area contributed by atoms with Crippen LogP contribution in [0.1, 0.15) is 132 Å². The van der Waals surface area contributed by atoms with Crippen molar-refractivity contribution in [2.24, 2.45) is 41.4 Å². The molecular weight excluding hydrogens is 819 g/mol. The van der Waals surface area contributed by atoms with E-state index in [-0.39, 0.29) is 55.1 Å². The average Bonchev–Trinajstić information content (AvgIpc) is 3.26. The van der Waals surface area contributed by atoms with Crippen LogP contribution in [0.5, 0.6) is 0 Å². The van der Waals surface area contributed by atoms with Crippen molar-refractivity contribution in [2.45, 2.75) is 193 Å². The van der Waals surface area contributed by atoms with E-state index in [0.29, 0.717) is 63.4 Å². The normalized spacial score (nSPS) is 43.1. The number of allylic oxidation sites excluding steroid dienone is 6.